The highest BCUT2D eigenvalue weighted by Crippen LogP contribution is 2.58. The van der Waals surface area contributed by atoms with Gasteiger partial charge in [-0.3, -0.25) is 19.1 Å². The van der Waals surface area contributed by atoms with Crippen LogP contribution >= 0.6 is 0 Å². The lowest BCUT2D eigenvalue weighted by Crippen LogP contribution is -2.54. The zero-order chi connectivity index (χ0) is 31.9. The van der Waals surface area contributed by atoms with Crippen LogP contribution in [-0.4, -0.2) is 69.7 Å². The van der Waals surface area contributed by atoms with Gasteiger partial charge in [-0.25, -0.2) is 4.98 Å². The first-order chi connectivity index (χ1) is 21.5. The van der Waals surface area contributed by atoms with Crippen molar-refractivity contribution in [2.45, 2.75) is 82.7 Å². The van der Waals surface area contributed by atoms with Gasteiger partial charge in [-0.2, -0.15) is 5.10 Å². The minimum Gasteiger partial charge on any atom is -0.483 e. The van der Waals surface area contributed by atoms with E-state index in [0.717, 1.165) is 50.5 Å². The van der Waals surface area contributed by atoms with Crippen LogP contribution in [-0.2, 0) is 26.8 Å². The van der Waals surface area contributed by atoms with Gasteiger partial charge in [0, 0.05) is 38.6 Å². The number of amides is 3. The molecule has 11 heteroatoms. The molecule has 0 spiro atoms. The van der Waals surface area contributed by atoms with Gasteiger partial charge in [-0.1, -0.05) is 32.3 Å². The molecule has 0 radical (unpaired) electrons. The number of nitrogens with one attached hydrogen (secondary N) is 3. The highest BCUT2D eigenvalue weighted by Gasteiger charge is 2.54. The second-order valence-corrected chi connectivity index (χ2v) is 14.0. The first-order valence-electron chi connectivity index (χ1n) is 16.4. The number of carbonyl (C=O) groups excluding carboxylic acids is 3. The maximum absolute atomic E-state index is 14.0. The number of rotatable bonds is 13. The second-order valence-electron chi connectivity index (χ2n) is 14.0. The molecule has 4 aliphatic rings. The van der Waals surface area contributed by atoms with E-state index in [-0.39, 0.29) is 35.1 Å². The summed E-state index contributed by atoms with van der Waals surface area (Å²) in [7, 11) is 3.30. The fraction of sp³-hybridized carbons (Fsp3) is 0.618. The highest BCUT2D eigenvalue weighted by atomic mass is 16.5. The fourth-order valence-electron chi connectivity index (χ4n) is 7.42. The number of aromatic nitrogens is 3. The molecule has 1 saturated heterocycles. The summed E-state index contributed by atoms with van der Waals surface area (Å²) in [5.41, 5.74) is 0.383. The zero-order valence-corrected chi connectivity index (χ0v) is 27.0. The number of nitrogens with zero attached hydrogens (tertiary/aromatic N) is 4. The third-order valence-electron chi connectivity index (χ3n) is 11.0. The SMILES string of the molecule is C=C(OC)N1CCC(C(=O)NC(C)C2CC2)(c2ccc(NC(=O)[C@@H](NC(=O)c3ccnn3C)C(C3CCC3)C3(C)CC3)nc2)C1. The van der Waals surface area contributed by atoms with Crippen LogP contribution in [0.3, 0.4) is 0 Å². The summed E-state index contributed by atoms with van der Waals surface area (Å²) in [6.45, 7) is 9.38. The van der Waals surface area contributed by atoms with Crippen molar-refractivity contribution in [1.29, 1.82) is 0 Å². The number of likely N-dealkylation sites (tertiary alicyclic amines) is 1. The quantitative estimate of drug-likeness (QED) is 0.292. The van der Waals surface area contributed by atoms with E-state index in [1.165, 1.54) is 4.68 Å². The molecule has 4 fully saturated rings. The number of carbonyl (C=O) groups is 3. The topological polar surface area (TPSA) is 130 Å². The second kappa shape index (κ2) is 12.1. The van der Waals surface area contributed by atoms with Gasteiger partial charge in [-0.05, 0) is 86.5 Å². The maximum atomic E-state index is 14.0. The van der Waals surface area contributed by atoms with Crippen LogP contribution in [0.2, 0.25) is 0 Å². The summed E-state index contributed by atoms with van der Waals surface area (Å²) in [5.74, 6) is 1.25. The monoisotopic (exact) mass is 617 g/mol. The van der Waals surface area contributed by atoms with Crippen molar-refractivity contribution in [2.24, 2.45) is 30.2 Å². The predicted octanol–water partition coefficient (Wildman–Crippen LogP) is 3.74. The Bertz CT molecular complexity index is 1440. The molecule has 3 N–H and O–H groups in total. The smallest absolute Gasteiger partial charge is 0.270 e. The summed E-state index contributed by atoms with van der Waals surface area (Å²) >= 11 is 0. The average Bonchev–Trinajstić information content (AvgIpc) is 3.90. The maximum Gasteiger partial charge on any atom is 0.270 e. The van der Waals surface area contributed by atoms with Crippen molar-refractivity contribution in [3.63, 3.8) is 0 Å². The fourth-order valence-corrected chi connectivity index (χ4v) is 7.42. The first-order valence-corrected chi connectivity index (χ1v) is 16.4. The van der Waals surface area contributed by atoms with E-state index in [9.17, 15) is 14.4 Å². The zero-order valence-electron chi connectivity index (χ0n) is 27.0. The summed E-state index contributed by atoms with van der Waals surface area (Å²) in [6, 6.07) is 4.70. The number of aryl methyl sites for hydroxylation is 1. The first kappa shape index (κ1) is 31.1. The van der Waals surface area contributed by atoms with Gasteiger partial charge in [0.2, 0.25) is 11.8 Å². The highest BCUT2D eigenvalue weighted by molar-refractivity contribution is 6.00. The lowest BCUT2D eigenvalue weighted by molar-refractivity contribution is -0.127. The van der Waals surface area contributed by atoms with Crippen molar-refractivity contribution in [3.8, 4) is 0 Å². The molecular formula is C34H47N7O4. The molecule has 45 heavy (non-hydrogen) atoms. The number of hydrogen-bond donors (Lipinski definition) is 3. The van der Waals surface area contributed by atoms with E-state index in [0.29, 0.717) is 48.7 Å². The molecule has 3 heterocycles. The van der Waals surface area contributed by atoms with Gasteiger partial charge in [-0.15, -0.1) is 0 Å². The normalized spacial score (nSPS) is 24.1. The van der Waals surface area contributed by atoms with Crippen molar-refractivity contribution in [2.75, 3.05) is 25.5 Å². The third-order valence-corrected chi connectivity index (χ3v) is 11.0. The van der Waals surface area contributed by atoms with Crippen LogP contribution in [0, 0.1) is 23.2 Å². The van der Waals surface area contributed by atoms with Crippen molar-refractivity contribution < 1.29 is 19.1 Å². The van der Waals surface area contributed by atoms with Crippen LogP contribution in [0.4, 0.5) is 5.82 Å². The van der Waals surface area contributed by atoms with E-state index >= 15 is 0 Å². The van der Waals surface area contributed by atoms with Crippen molar-refractivity contribution in [3.05, 3.63) is 54.3 Å². The van der Waals surface area contributed by atoms with Gasteiger partial charge in [0.1, 0.15) is 17.6 Å². The van der Waals surface area contributed by atoms with Crippen LogP contribution in [0.5, 0.6) is 0 Å². The Morgan fingerprint density at radius 3 is 2.38 bits per heavy atom. The Balaban J connectivity index is 1.23. The Hall–Kier alpha value is -3.89. The molecule has 3 aliphatic carbocycles. The molecule has 11 nitrogen and oxygen atoms in total. The molecular weight excluding hydrogens is 570 g/mol. The van der Waals surface area contributed by atoms with E-state index in [1.54, 1.807) is 38.7 Å². The van der Waals surface area contributed by atoms with E-state index < -0.39 is 11.5 Å². The molecule has 2 aromatic heterocycles. The Morgan fingerprint density at radius 1 is 1.07 bits per heavy atom. The molecule has 1 aliphatic heterocycles. The molecule has 3 amide bonds. The molecule has 3 unspecified atom stereocenters. The predicted molar refractivity (Wildman–Crippen MR) is 170 cm³/mol. The lowest BCUT2D eigenvalue weighted by atomic mass is 9.66. The number of pyridine rings is 1. The third kappa shape index (κ3) is 6.18. The van der Waals surface area contributed by atoms with Crippen LogP contribution in [0.25, 0.3) is 0 Å². The minimum atomic E-state index is -0.824. The molecule has 242 valence electrons. The minimum absolute atomic E-state index is 0.0159. The van der Waals surface area contributed by atoms with Gasteiger partial charge in [0.25, 0.3) is 5.91 Å². The van der Waals surface area contributed by atoms with Gasteiger partial charge < -0.3 is 25.6 Å². The van der Waals surface area contributed by atoms with Crippen LogP contribution in [0.1, 0.15) is 81.3 Å². The van der Waals surface area contributed by atoms with Crippen LogP contribution in [0.15, 0.2) is 43.1 Å². The Labute approximate surface area is 265 Å². The number of hydrogen-bond acceptors (Lipinski definition) is 7. The summed E-state index contributed by atoms with van der Waals surface area (Å²) < 4.78 is 6.91. The number of methoxy groups -OCH3 is 1. The molecule has 2 aromatic rings. The standard InChI is InChI=1S/C34H47N7O4/c1-21(23-9-10-23)37-32(44)34(16-18-41(20-34)22(2)45-5)25-11-12-27(35-19-25)38-31(43)29(39-30(42)26-13-17-36-40(26)4)28(24-7-6-8-24)33(3)14-15-33/h11-13,17,19,21,23-24,28-29H,2,6-10,14-16,18,20H2,1,3-5H3,(H,37,44)(H,39,42)(H,35,38,43)/t21?,28?,29-,34?/m0/s1. The van der Waals surface area contributed by atoms with E-state index in [4.69, 9.17) is 4.74 Å². The van der Waals surface area contributed by atoms with Gasteiger partial charge in [0.05, 0.1) is 12.5 Å². The molecule has 0 aromatic carbocycles. The van der Waals surface area contributed by atoms with Gasteiger partial charge >= 0.3 is 0 Å². The Morgan fingerprint density at radius 2 is 1.82 bits per heavy atom. The van der Waals surface area contributed by atoms with E-state index in [2.05, 4.69) is 46.5 Å². The number of anilines is 1. The summed E-state index contributed by atoms with van der Waals surface area (Å²) in [4.78, 5) is 47.9. The molecule has 6 rings (SSSR count). The molecule has 0 bridgehead atoms. The van der Waals surface area contributed by atoms with Crippen molar-refractivity contribution >= 4 is 23.5 Å². The van der Waals surface area contributed by atoms with Crippen LogP contribution < -0.4 is 16.0 Å². The summed E-state index contributed by atoms with van der Waals surface area (Å²) in [6.07, 6.45) is 11.5. The molecule has 4 atom stereocenters. The largest absolute Gasteiger partial charge is 0.483 e. The Kier molecular flexibility index (Phi) is 8.39. The van der Waals surface area contributed by atoms with E-state index in [1.807, 2.05) is 11.0 Å². The molecule has 3 saturated carbocycles. The average molecular weight is 618 g/mol. The van der Waals surface area contributed by atoms with Gasteiger partial charge in [0.15, 0.2) is 5.88 Å². The van der Waals surface area contributed by atoms with Crippen molar-refractivity contribution in [1.82, 2.24) is 30.3 Å². The summed E-state index contributed by atoms with van der Waals surface area (Å²) in [5, 5.41) is 13.5. The lowest BCUT2D eigenvalue weighted by Gasteiger charge is -2.42. The number of ether oxygens (including phenoxy) is 1.